The number of halogens is 2. The van der Waals surface area contributed by atoms with Crippen LogP contribution in [0.25, 0.3) is 22.3 Å². The zero-order chi connectivity index (χ0) is 20.8. The Hall–Kier alpha value is -1.20. The molecule has 2 nitrogen and oxygen atoms in total. The first-order chi connectivity index (χ1) is 14.5. The van der Waals surface area contributed by atoms with Crippen molar-refractivity contribution in [1.29, 1.82) is 0 Å². The van der Waals surface area contributed by atoms with Crippen molar-refractivity contribution in [2.75, 3.05) is 0 Å². The molecule has 4 aliphatic rings. The van der Waals surface area contributed by atoms with Gasteiger partial charge in [-0.3, -0.25) is 9.98 Å². The Morgan fingerprint density at radius 2 is 1.03 bits per heavy atom. The van der Waals surface area contributed by atoms with Gasteiger partial charge in [-0.15, -0.1) is 16.4 Å². The maximum Gasteiger partial charge on any atom is 2.00 e. The summed E-state index contributed by atoms with van der Waals surface area (Å²) < 4.78 is 0. The molecule has 6 rings (SSSR count). The van der Waals surface area contributed by atoms with Crippen LogP contribution in [-0.4, -0.2) is 12.4 Å². The number of hydrogen-bond donors (Lipinski definition) is 0. The second kappa shape index (κ2) is 11.5. The topological polar surface area (TPSA) is 24.7 Å². The first kappa shape index (κ1) is 28.0. The first-order valence-electron chi connectivity index (χ1n) is 10.2. The van der Waals surface area contributed by atoms with E-state index in [1.165, 1.54) is 54.6 Å². The van der Waals surface area contributed by atoms with Crippen LogP contribution >= 0.6 is 16.4 Å². The molecule has 2 aromatic rings. The van der Waals surface area contributed by atoms with Gasteiger partial charge >= 0.3 is 26.2 Å². The Balaban J connectivity index is 0.000000214. The van der Waals surface area contributed by atoms with Crippen molar-refractivity contribution < 1.29 is 51.0 Å². The summed E-state index contributed by atoms with van der Waals surface area (Å²) >= 11 is 0. The van der Waals surface area contributed by atoms with Crippen LogP contribution < -0.4 is 24.8 Å². The standard InChI is InChI=1S/2C13H12NP.2ClH.Zr/c2*1-8-6-10(12-4-3-5-14-12)11-7-9(2)15-13(8)11;;;/h2*3-7,15H,1-2H3;2*1H;/q;;;;+2/p-2. The van der Waals surface area contributed by atoms with Crippen LogP contribution in [0.15, 0.2) is 70.0 Å². The predicted octanol–water partition coefficient (Wildman–Crippen LogP) is 1.60. The summed E-state index contributed by atoms with van der Waals surface area (Å²) in [5.41, 5.74) is 10.5. The molecule has 4 heterocycles. The van der Waals surface area contributed by atoms with Crippen LogP contribution in [0.1, 0.15) is 46.2 Å². The molecular formula is C26H24Cl2N2P2Zr. The largest absolute Gasteiger partial charge is 2.00 e. The molecule has 0 bridgehead atoms. The third-order valence-corrected chi connectivity index (χ3v) is 8.56. The molecule has 166 valence electrons. The number of fused-ring (bicyclic) bond motifs is 2. The Labute approximate surface area is 230 Å². The summed E-state index contributed by atoms with van der Waals surface area (Å²) in [7, 11) is 1.72. The van der Waals surface area contributed by atoms with Crippen molar-refractivity contribution in [2.24, 2.45) is 9.98 Å². The number of allylic oxidation sites excluding steroid dienone is 10. The van der Waals surface area contributed by atoms with Crippen LogP contribution in [0.4, 0.5) is 0 Å². The van der Waals surface area contributed by atoms with Crippen LogP contribution in [0.2, 0.25) is 0 Å². The SMILES string of the molecule is CC1=CC(=C2C=CC=N2)c2cc(C)[pH]c21.CC1=CC(=C2C=CC=N2)c2cc(C)[pH]c21.[Cl-].[Cl-].[Zr+2]. The Kier molecular flexibility index (Phi) is 9.76. The fraction of sp³-hybridized carbons (Fsp3) is 0.154. The van der Waals surface area contributed by atoms with Crippen molar-refractivity contribution in [3.05, 3.63) is 92.3 Å². The molecule has 33 heavy (non-hydrogen) atoms. The van der Waals surface area contributed by atoms with E-state index in [0.29, 0.717) is 0 Å². The molecule has 2 aromatic heterocycles. The minimum absolute atomic E-state index is 0. The third-order valence-electron chi connectivity index (χ3n) is 5.65. The second-order valence-corrected chi connectivity index (χ2v) is 11.1. The first-order valence-corrected chi connectivity index (χ1v) is 12.2. The molecule has 2 aliphatic heterocycles. The Morgan fingerprint density at radius 1 is 0.636 bits per heavy atom. The van der Waals surface area contributed by atoms with Gasteiger partial charge in [-0.1, -0.05) is 0 Å². The quantitative estimate of drug-likeness (QED) is 0.447. The summed E-state index contributed by atoms with van der Waals surface area (Å²) in [5, 5.41) is 6.00. The Bertz CT molecular complexity index is 1200. The maximum atomic E-state index is 4.38. The van der Waals surface area contributed by atoms with Gasteiger partial charge in [0, 0.05) is 34.2 Å². The molecule has 0 radical (unpaired) electrons. The summed E-state index contributed by atoms with van der Waals surface area (Å²) in [5.74, 6) is 0. The van der Waals surface area contributed by atoms with E-state index in [0.717, 1.165) is 27.8 Å². The number of aryl methyl sites for hydroxylation is 2. The minimum Gasteiger partial charge on any atom is -1.00 e. The van der Waals surface area contributed by atoms with E-state index in [-0.39, 0.29) is 51.0 Å². The van der Waals surface area contributed by atoms with Crippen LogP contribution in [0, 0.1) is 13.8 Å². The van der Waals surface area contributed by atoms with E-state index < -0.39 is 0 Å². The normalized spacial score (nSPS) is 20.8. The van der Waals surface area contributed by atoms with E-state index >= 15 is 0 Å². The summed E-state index contributed by atoms with van der Waals surface area (Å²) in [4.78, 5) is 8.75. The van der Waals surface area contributed by atoms with Gasteiger partial charge in [0.15, 0.2) is 0 Å². The van der Waals surface area contributed by atoms with E-state index in [2.05, 4.69) is 74.1 Å². The number of aliphatic imine (C=N–C) groups is 2. The maximum absolute atomic E-state index is 4.38. The van der Waals surface area contributed by atoms with Gasteiger partial charge in [-0.25, -0.2) is 0 Å². The fourth-order valence-electron chi connectivity index (χ4n) is 4.30. The van der Waals surface area contributed by atoms with E-state index in [9.17, 15) is 0 Å². The van der Waals surface area contributed by atoms with E-state index in [4.69, 9.17) is 0 Å². The van der Waals surface area contributed by atoms with E-state index in [1.807, 2.05) is 24.6 Å². The molecule has 2 aliphatic carbocycles. The van der Waals surface area contributed by atoms with Crippen molar-refractivity contribution in [3.8, 4) is 0 Å². The smallest absolute Gasteiger partial charge is 1.00 e. The average Bonchev–Trinajstić information content (AvgIpc) is 3.51. The molecule has 0 fully saturated rings. The molecule has 0 amide bonds. The zero-order valence-corrected chi connectivity index (χ0v) is 24.9. The average molecular weight is 589 g/mol. The molecule has 7 heteroatoms. The van der Waals surface area contributed by atoms with E-state index in [1.54, 1.807) is 0 Å². The van der Waals surface area contributed by atoms with Gasteiger partial charge in [-0.05, 0) is 109 Å². The zero-order valence-electron chi connectivity index (χ0n) is 18.9. The summed E-state index contributed by atoms with van der Waals surface area (Å²) in [6.07, 6.45) is 16.4. The van der Waals surface area contributed by atoms with Crippen LogP contribution in [0.5, 0.6) is 0 Å². The molecular weight excluding hydrogens is 564 g/mol. The minimum atomic E-state index is 0. The number of hydrogen-bond acceptors (Lipinski definition) is 2. The molecule has 2 unspecified atom stereocenters. The summed E-state index contributed by atoms with van der Waals surface area (Å²) in [6, 6.07) is 4.62. The monoisotopic (exact) mass is 586 g/mol. The van der Waals surface area contributed by atoms with Crippen molar-refractivity contribution in [1.82, 2.24) is 0 Å². The molecule has 0 saturated heterocycles. The van der Waals surface area contributed by atoms with Crippen molar-refractivity contribution >= 4 is 51.1 Å². The molecule has 2 atom stereocenters. The van der Waals surface area contributed by atoms with Crippen molar-refractivity contribution in [3.63, 3.8) is 0 Å². The van der Waals surface area contributed by atoms with Crippen LogP contribution in [0.3, 0.4) is 0 Å². The second-order valence-electron chi connectivity index (χ2n) is 8.01. The third kappa shape index (κ3) is 5.40. The predicted molar refractivity (Wildman–Crippen MR) is 138 cm³/mol. The Morgan fingerprint density at radius 3 is 1.36 bits per heavy atom. The molecule has 0 N–H and O–H groups in total. The molecule has 0 aromatic carbocycles. The van der Waals surface area contributed by atoms with Gasteiger partial charge in [0.25, 0.3) is 0 Å². The van der Waals surface area contributed by atoms with Gasteiger partial charge < -0.3 is 24.8 Å². The number of rotatable bonds is 0. The van der Waals surface area contributed by atoms with Gasteiger partial charge in [0.05, 0.1) is 11.4 Å². The number of nitrogens with zero attached hydrogens (tertiary/aromatic N) is 2. The van der Waals surface area contributed by atoms with Crippen LogP contribution in [-0.2, 0) is 26.2 Å². The molecule has 0 saturated carbocycles. The van der Waals surface area contributed by atoms with Gasteiger partial charge in [0.2, 0.25) is 0 Å². The summed E-state index contributed by atoms with van der Waals surface area (Å²) in [6.45, 7) is 8.82. The molecule has 0 spiro atoms. The van der Waals surface area contributed by atoms with Gasteiger partial charge in [-0.2, -0.15) is 0 Å². The van der Waals surface area contributed by atoms with Crippen molar-refractivity contribution in [2.45, 2.75) is 27.7 Å². The fourth-order valence-corrected chi connectivity index (χ4v) is 6.75. The van der Waals surface area contributed by atoms with Gasteiger partial charge in [0.1, 0.15) is 0 Å².